The fraction of sp³-hybridized carbons (Fsp3) is 0.429. The van der Waals surface area contributed by atoms with Crippen LogP contribution in [0.4, 0.5) is 0 Å². The van der Waals surface area contributed by atoms with E-state index < -0.39 is 5.97 Å². The zero-order valence-corrected chi connectivity index (χ0v) is 12.9. The number of hydrogen-bond acceptors (Lipinski definition) is 2. The van der Waals surface area contributed by atoms with Gasteiger partial charge in [-0.15, -0.1) is 0 Å². The minimum atomic E-state index is -0.744. The van der Waals surface area contributed by atoms with Crippen LogP contribution in [0, 0.1) is 3.57 Å². The molecule has 0 aliphatic carbocycles. The Morgan fingerprint density at radius 1 is 1.11 bits per heavy atom. The highest BCUT2D eigenvalue weighted by Crippen LogP contribution is 2.11. The Bertz CT molecular complexity index is 434. The van der Waals surface area contributed by atoms with Gasteiger partial charge < -0.3 is 10.4 Å². The molecule has 2 N–H and O–H groups in total. The summed E-state index contributed by atoms with van der Waals surface area (Å²) in [5.74, 6) is -0.789. The van der Waals surface area contributed by atoms with E-state index in [0.717, 1.165) is 22.8 Å². The van der Waals surface area contributed by atoms with Crippen molar-refractivity contribution in [2.45, 2.75) is 32.1 Å². The maximum atomic E-state index is 11.9. The molecule has 1 rings (SSSR count). The topological polar surface area (TPSA) is 66.4 Å². The van der Waals surface area contributed by atoms with Gasteiger partial charge >= 0.3 is 5.97 Å². The average Bonchev–Trinajstić information content (AvgIpc) is 2.37. The van der Waals surface area contributed by atoms with Crippen LogP contribution in [0.5, 0.6) is 0 Å². The Balaban J connectivity index is 2.15. The Kier molecular flexibility index (Phi) is 7.47. The summed E-state index contributed by atoms with van der Waals surface area (Å²) in [6.07, 6.45) is 3.66. The number of carboxylic acid groups (broad SMARTS) is 1. The van der Waals surface area contributed by atoms with Crippen LogP contribution in [0.25, 0.3) is 0 Å². The highest BCUT2D eigenvalue weighted by molar-refractivity contribution is 14.1. The largest absolute Gasteiger partial charge is 0.481 e. The van der Waals surface area contributed by atoms with Gasteiger partial charge in [0.05, 0.1) is 5.56 Å². The van der Waals surface area contributed by atoms with Gasteiger partial charge in [0.1, 0.15) is 0 Å². The molecule has 0 aliphatic heterocycles. The first-order chi connectivity index (χ1) is 9.11. The zero-order valence-electron chi connectivity index (χ0n) is 10.7. The van der Waals surface area contributed by atoms with Gasteiger partial charge in [-0.1, -0.05) is 25.0 Å². The fourth-order valence-corrected chi connectivity index (χ4v) is 2.33. The van der Waals surface area contributed by atoms with E-state index in [-0.39, 0.29) is 12.3 Å². The van der Waals surface area contributed by atoms with Crippen LogP contribution in [0.3, 0.4) is 0 Å². The highest BCUT2D eigenvalue weighted by Gasteiger charge is 2.07. The van der Waals surface area contributed by atoms with E-state index in [1.165, 1.54) is 0 Å². The van der Waals surface area contributed by atoms with E-state index in [1.807, 2.05) is 24.3 Å². The molecule has 104 valence electrons. The van der Waals surface area contributed by atoms with E-state index in [9.17, 15) is 9.59 Å². The molecule has 0 radical (unpaired) electrons. The number of amides is 1. The zero-order chi connectivity index (χ0) is 14.1. The Morgan fingerprint density at radius 3 is 2.47 bits per heavy atom. The van der Waals surface area contributed by atoms with Crippen LogP contribution in [-0.2, 0) is 4.79 Å². The molecule has 0 spiro atoms. The van der Waals surface area contributed by atoms with Crippen molar-refractivity contribution in [2.75, 3.05) is 6.54 Å². The third kappa shape index (κ3) is 6.56. The van der Waals surface area contributed by atoms with Crippen LogP contribution < -0.4 is 5.32 Å². The number of aliphatic carboxylic acids is 1. The number of carboxylic acids is 1. The van der Waals surface area contributed by atoms with Crippen molar-refractivity contribution >= 4 is 34.5 Å². The maximum Gasteiger partial charge on any atom is 0.303 e. The van der Waals surface area contributed by atoms with Gasteiger partial charge in [0, 0.05) is 16.5 Å². The first kappa shape index (κ1) is 15.9. The maximum absolute atomic E-state index is 11.9. The van der Waals surface area contributed by atoms with Crippen molar-refractivity contribution in [3.05, 3.63) is 33.4 Å². The molecular formula is C14H18INO3. The summed E-state index contributed by atoms with van der Waals surface area (Å²) >= 11 is 2.14. The summed E-state index contributed by atoms with van der Waals surface area (Å²) in [4.78, 5) is 22.2. The first-order valence-electron chi connectivity index (χ1n) is 6.36. The molecule has 1 aromatic carbocycles. The van der Waals surface area contributed by atoms with Crippen molar-refractivity contribution in [2.24, 2.45) is 0 Å². The number of nitrogens with one attached hydrogen (secondary N) is 1. The second kappa shape index (κ2) is 8.90. The van der Waals surface area contributed by atoms with E-state index >= 15 is 0 Å². The van der Waals surface area contributed by atoms with Gasteiger partial charge in [-0.05, 0) is 47.6 Å². The van der Waals surface area contributed by atoms with Crippen LogP contribution in [0.2, 0.25) is 0 Å². The lowest BCUT2D eigenvalue weighted by Gasteiger charge is -2.06. The number of carbonyl (C=O) groups is 2. The molecule has 0 atom stereocenters. The molecule has 0 aliphatic rings. The average molecular weight is 375 g/mol. The van der Waals surface area contributed by atoms with Crippen molar-refractivity contribution in [1.29, 1.82) is 0 Å². The predicted octanol–water partition coefficient (Wildman–Crippen LogP) is 3.06. The number of hydrogen-bond donors (Lipinski definition) is 2. The van der Waals surface area contributed by atoms with Crippen LogP contribution in [0.1, 0.15) is 42.5 Å². The van der Waals surface area contributed by atoms with Gasteiger partial charge in [-0.25, -0.2) is 0 Å². The third-order valence-corrected chi connectivity index (χ3v) is 3.66. The summed E-state index contributed by atoms with van der Waals surface area (Å²) in [7, 11) is 0. The molecule has 4 nitrogen and oxygen atoms in total. The molecule has 0 unspecified atom stereocenters. The number of halogens is 1. The van der Waals surface area contributed by atoms with Crippen LogP contribution in [0.15, 0.2) is 24.3 Å². The Morgan fingerprint density at radius 2 is 1.79 bits per heavy atom. The second-order valence-corrected chi connectivity index (χ2v) is 5.46. The third-order valence-electron chi connectivity index (χ3n) is 2.72. The van der Waals surface area contributed by atoms with E-state index in [1.54, 1.807) is 0 Å². The van der Waals surface area contributed by atoms with Gasteiger partial charge in [0.15, 0.2) is 0 Å². The lowest BCUT2D eigenvalue weighted by Crippen LogP contribution is -2.25. The molecule has 19 heavy (non-hydrogen) atoms. The summed E-state index contributed by atoms with van der Waals surface area (Å²) in [6, 6.07) is 7.47. The monoisotopic (exact) mass is 375 g/mol. The quantitative estimate of drug-likeness (QED) is 0.542. The molecule has 0 fully saturated rings. The number of rotatable bonds is 8. The predicted molar refractivity (Wildman–Crippen MR) is 82.2 cm³/mol. The molecule has 0 bridgehead atoms. The molecule has 1 aromatic rings. The summed E-state index contributed by atoms with van der Waals surface area (Å²) in [5.41, 5.74) is 0.703. The molecular weight excluding hydrogens is 357 g/mol. The molecule has 0 saturated heterocycles. The minimum absolute atomic E-state index is 0.0458. The Labute approximate surface area is 126 Å². The van der Waals surface area contributed by atoms with Crippen molar-refractivity contribution < 1.29 is 14.7 Å². The normalized spacial score (nSPS) is 10.2. The molecule has 1 amide bonds. The minimum Gasteiger partial charge on any atom is -0.481 e. The smallest absolute Gasteiger partial charge is 0.303 e. The van der Waals surface area contributed by atoms with Crippen molar-refractivity contribution in [3.63, 3.8) is 0 Å². The first-order valence-corrected chi connectivity index (χ1v) is 7.43. The summed E-state index contributed by atoms with van der Waals surface area (Å²) < 4.78 is 0.944. The van der Waals surface area contributed by atoms with Crippen molar-refractivity contribution in [3.8, 4) is 0 Å². The lowest BCUT2D eigenvalue weighted by molar-refractivity contribution is -0.137. The molecule has 0 heterocycles. The second-order valence-electron chi connectivity index (χ2n) is 4.29. The standard InChI is InChI=1S/C14H18INO3/c15-12-8-5-4-7-11(12)14(19)16-10-6-2-1-3-9-13(17)18/h4-5,7-8H,1-3,6,9-10H2,(H,16,19)(H,17,18). The number of benzene rings is 1. The summed E-state index contributed by atoms with van der Waals surface area (Å²) in [6.45, 7) is 0.636. The highest BCUT2D eigenvalue weighted by atomic mass is 127. The van der Waals surface area contributed by atoms with Gasteiger partial charge in [0.25, 0.3) is 5.91 Å². The van der Waals surface area contributed by atoms with Gasteiger partial charge in [-0.3, -0.25) is 9.59 Å². The van der Waals surface area contributed by atoms with Crippen molar-refractivity contribution in [1.82, 2.24) is 5.32 Å². The Hall–Kier alpha value is -1.11. The van der Waals surface area contributed by atoms with Gasteiger partial charge in [-0.2, -0.15) is 0 Å². The fourth-order valence-electron chi connectivity index (χ4n) is 1.70. The van der Waals surface area contributed by atoms with E-state index in [2.05, 4.69) is 27.9 Å². The summed E-state index contributed by atoms with van der Waals surface area (Å²) in [5, 5.41) is 11.4. The van der Waals surface area contributed by atoms with Crippen LogP contribution >= 0.6 is 22.6 Å². The lowest BCUT2D eigenvalue weighted by atomic mass is 10.1. The molecule has 0 aromatic heterocycles. The van der Waals surface area contributed by atoms with Gasteiger partial charge in [0.2, 0.25) is 0 Å². The SMILES string of the molecule is O=C(O)CCCCCCNC(=O)c1ccccc1I. The van der Waals surface area contributed by atoms with E-state index in [4.69, 9.17) is 5.11 Å². The van der Waals surface area contributed by atoms with E-state index in [0.29, 0.717) is 18.5 Å². The van der Waals surface area contributed by atoms with Crippen LogP contribution in [-0.4, -0.2) is 23.5 Å². The molecule has 5 heteroatoms. The number of carbonyl (C=O) groups excluding carboxylic acids is 1. The molecule has 0 saturated carbocycles. The number of unbranched alkanes of at least 4 members (excludes halogenated alkanes) is 3.